The molecule has 1 N–H and O–H groups in total. The zero-order valence-electron chi connectivity index (χ0n) is 9.81. The maximum atomic E-state index is 10.7. The molecule has 2 rings (SSSR count). The molecule has 5 nitrogen and oxygen atoms in total. The summed E-state index contributed by atoms with van der Waals surface area (Å²) in [5.74, 6) is 0.588. The van der Waals surface area contributed by atoms with Crippen LogP contribution in [0.5, 0.6) is 5.75 Å². The van der Waals surface area contributed by atoms with Gasteiger partial charge in [0.2, 0.25) is 0 Å². The van der Waals surface area contributed by atoms with E-state index in [4.69, 9.17) is 4.74 Å². The Morgan fingerprint density at radius 1 is 1.47 bits per heavy atom. The Bertz CT molecular complexity index is 414. The molecule has 1 atom stereocenters. The van der Waals surface area contributed by atoms with Gasteiger partial charge in [-0.2, -0.15) is 0 Å². The van der Waals surface area contributed by atoms with Crippen LogP contribution >= 0.6 is 0 Å². The second kappa shape index (κ2) is 5.14. The molecule has 0 bridgehead atoms. The predicted octanol–water partition coefficient (Wildman–Crippen LogP) is 2.03. The molecule has 17 heavy (non-hydrogen) atoms. The molecule has 92 valence electrons. The summed E-state index contributed by atoms with van der Waals surface area (Å²) in [4.78, 5) is 10.3. The molecule has 0 aromatic heterocycles. The highest BCUT2D eigenvalue weighted by Gasteiger charge is 2.16. The Balaban J connectivity index is 2.11. The molecule has 1 aliphatic heterocycles. The first kappa shape index (κ1) is 11.9. The largest absolute Gasteiger partial charge is 0.489 e. The molecular weight excluding hydrogens is 220 g/mol. The van der Waals surface area contributed by atoms with Gasteiger partial charge in [0.05, 0.1) is 11.0 Å². The van der Waals surface area contributed by atoms with Crippen LogP contribution < -0.4 is 10.1 Å². The predicted molar refractivity (Wildman–Crippen MR) is 64.4 cm³/mol. The van der Waals surface area contributed by atoms with Crippen molar-refractivity contribution in [3.8, 4) is 5.75 Å². The fourth-order valence-corrected chi connectivity index (χ4v) is 2.01. The van der Waals surface area contributed by atoms with Crippen molar-refractivity contribution in [2.75, 3.05) is 13.1 Å². The topological polar surface area (TPSA) is 64.4 Å². The number of non-ortho nitro benzene ring substituents is 1. The Morgan fingerprint density at radius 2 is 2.29 bits per heavy atom. The maximum absolute atomic E-state index is 10.7. The number of hydrogen-bond acceptors (Lipinski definition) is 4. The van der Waals surface area contributed by atoms with E-state index in [0.29, 0.717) is 5.75 Å². The third-order valence-electron chi connectivity index (χ3n) is 2.80. The van der Waals surface area contributed by atoms with Gasteiger partial charge in [0, 0.05) is 12.6 Å². The van der Waals surface area contributed by atoms with E-state index in [9.17, 15) is 10.1 Å². The van der Waals surface area contributed by atoms with Gasteiger partial charge in [0.15, 0.2) is 0 Å². The Hall–Kier alpha value is -1.62. The summed E-state index contributed by atoms with van der Waals surface area (Å²) < 4.78 is 5.76. The van der Waals surface area contributed by atoms with Crippen molar-refractivity contribution in [1.82, 2.24) is 5.32 Å². The van der Waals surface area contributed by atoms with Crippen molar-refractivity contribution in [3.63, 3.8) is 0 Å². The van der Waals surface area contributed by atoms with Crippen LogP contribution in [0, 0.1) is 17.0 Å². The van der Waals surface area contributed by atoms with Gasteiger partial charge in [0.1, 0.15) is 11.9 Å². The minimum absolute atomic E-state index is 0.0868. The molecule has 0 spiro atoms. The average molecular weight is 236 g/mol. The number of aryl methyl sites for hydroxylation is 1. The van der Waals surface area contributed by atoms with Crippen molar-refractivity contribution in [2.45, 2.75) is 25.9 Å². The Labute approximate surface area is 99.9 Å². The van der Waals surface area contributed by atoms with Gasteiger partial charge < -0.3 is 10.1 Å². The molecule has 1 saturated heterocycles. The molecule has 0 radical (unpaired) electrons. The van der Waals surface area contributed by atoms with Crippen LogP contribution in [-0.2, 0) is 0 Å². The first-order valence-corrected chi connectivity index (χ1v) is 5.78. The summed E-state index contributed by atoms with van der Waals surface area (Å²) in [6.45, 7) is 3.66. The molecule has 1 heterocycles. The molecule has 1 aliphatic rings. The second-order valence-corrected chi connectivity index (χ2v) is 4.35. The highest BCUT2D eigenvalue weighted by Crippen LogP contribution is 2.24. The van der Waals surface area contributed by atoms with Crippen molar-refractivity contribution in [3.05, 3.63) is 33.9 Å². The number of nitro benzene ring substituents is 1. The summed E-state index contributed by atoms with van der Waals surface area (Å²) >= 11 is 0. The highest BCUT2D eigenvalue weighted by atomic mass is 16.6. The number of ether oxygens (including phenoxy) is 1. The molecule has 1 fully saturated rings. The number of nitro groups is 1. The van der Waals surface area contributed by atoms with E-state index >= 15 is 0 Å². The van der Waals surface area contributed by atoms with Gasteiger partial charge in [0.25, 0.3) is 5.69 Å². The zero-order valence-corrected chi connectivity index (χ0v) is 9.81. The first-order chi connectivity index (χ1) is 8.15. The highest BCUT2D eigenvalue weighted by molar-refractivity contribution is 5.42. The fourth-order valence-electron chi connectivity index (χ4n) is 2.01. The molecule has 1 aromatic carbocycles. The third-order valence-corrected chi connectivity index (χ3v) is 2.80. The summed E-state index contributed by atoms with van der Waals surface area (Å²) in [6, 6.07) is 4.87. The maximum Gasteiger partial charge on any atom is 0.273 e. The molecule has 1 unspecified atom stereocenters. The van der Waals surface area contributed by atoms with Crippen molar-refractivity contribution in [1.29, 1.82) is 0 Å². The molecule has 1 aromatic rings. The lowest BCUT2D eigenvalue weighted by Crippen LogP contribution is -2.37. The SMILES string of the molecule is Cc1cc(OC2CCCNC2)cc([N+](=O)[O-])c1. The summed E-state index contributed by atoms with van der Waals surface area (Å²) in [7, 11) is 0. The van der Waals surface area contributed by atoms with E-state index < -0.39 is 0 Å². The minimum Gasteiger partial charge on any atom is -0.489 e. The van der Waals surface area contributed by atoms with Crippen molar-refractivity contribution < 1.29 is 9.66 Å². The summed E-state index contributed by atoms with van der Waals surface area (Å²) in [5.41, 5.74) is 0.932. The van der Waals surface area contributed by atoms with E-state index in [1.54, 1.807) is 6.07 Å². The third kappa shape index (κ3) is 3.17. The molecule has 0 aliphatic carbocycles. The number of hydrogen-bond donors (Lipinski definition) is 1. The van der Waals surface area contributed by atoms with Crippen LogP contribution in [0.4, 0.5) is 5.69 Å². The number of rotatable bonds is 3. The zero-order chi connectivity index (χ0) is 12.3. The standard InChI is InChI=1S/C12H16N2O3/c1-9-5-10(14(15)16)7-12(6-9)17-11-3-2-4-13-8-11/h5-7,11,13H,2-4,8H2,1H3. The first-order valence-electron chi connectivity index (χ1n) is 5.78. The summed E-state index contributed by atoms with van der Waals surface area (Å²) in [5, 5.41) is 14.0. The van der Waals surface area contributed by atoms with Crippen LogP contribution in [0.3, 0.4) is 0 Å². The van der Waals surface area contributed by atoms with Crippen LogP contribution in [0.1, 0.15) is 18.4 Å². The quantitative estimate of drug-likeness (QED) is 0.644. The normalized spacial score (nSPS) is 19.9. The smallest absolute Gasteiger partial charge is 0.273 e. The van der Waals surface area contributed by atoms with Crippen LogP contribution in [0.2, 0.25) is 0 Å². The monoisotopic (exact) mass is 236 g/mol. The van der Waals surface area contributed by atoms with E-state index in [0.717, 1.165) is 31.5 Å². The number of nitrogens with one attached hydrogen (secondary N) is 1. The van der Waals surface area contributed by atoms with Crippen LogP contribution in [0.15, 0.2) is 18.2 Å². The molecular formula is C12H16N2O3. The summed E-state index contributed by atoms with van der Waals surface area (Å²) in [6.07, 6.45) is 2.19. The van der Waals surface area contributed by atoms with Crippen LogP contribution in [-0.4, -0.2) is 24.1 Å². The van der Waals surface area contributed by atoms with E-state index in [2.05, 4.69) is 5.32 Å². The van der Waals surface area contributed by atoms with E-state index in [1.165, 1.54) is 6.07 Å². The molecule has 0 amide bonds. The van der Waals surface area contributed by atoms with Gasteiger partial charge in [-0.25, -0.2) is 0 Å². The van der Waals surface area contributed by atoms with Gasteiger partial charge in [-0.1, -0.05) is 0 Å². The van der Waals surface area contributed by atoms with Crippen molar-refractivity contribution in [2.24, 2.45) is 0 Å². The van der Waals surface area contributed by atoms with E-state index in [1.807, 2.05) is 13.0 Å². The van der Waals surface area contributed by atoms with Gasteiger partial charge in [-0.3, -0.25) is 10.1 Å². The molecule has 0 saturated carbocycles. The number of benzene rings is 1. The van der Waals surface area contributed by atoms with Gasteiger partial charge in [-0.05, 0) is 37.9 Å². The van der Waals surface area contributed by atoms with E-state index in [-0.39, 0.29) is 16.7 Å². The Kier molecular flexibility index (Phi) is 3.58. The number of piperidine rings is 1. The lowest BCUT2D eigenvalue weighted by atomic mass is 10.1. The lowest BCUT2D eigenvalue weighted by Gasteiger charge is -2.23. The molecule has 5 heteroatoms. The van der Waals surface area contributed by atoms with Crippen LogP contribution in [0.25, 0.3) is 0 Å². The lowest BCUT2D eigenvalue weighted by molar-refractivity contribution is -0.385. The minimum atomic E-state index is -0.390. The second-order valence-electron chi connectivity index (χ2n) is 4.35. The fraction of sp³-hybridized carbons (Fsp3) is 0.500. The van der Waals surface area contributed by atoms with Crippen molar-refractivity contribution >= 4 is 5.69 Å². The average Bonchev–Trinajstić information content (AvgIpc) is 2.29. The van der Waals surface area contributed by atoms with Gasteiger partial charge >= 0.3 is 0 Å². The Morgan fingerprint density at radius 3 is 2.94 bits per heavy atom. The van der Waals surface area contributed by atoms with Gasteiger partial charge in [-0.15, -0.1) is 0 Å². The number of nitrogens with zero attached hydrogens (tertiary/aromatic N) is 1.